The highest BCUT2D eigenvalue weighted by molar-refractivity contribution is 6.58. The van der Waals surface area contributed by atoms with Crippen molar-refractivity contribution in [2.75, 3.05) is 26.4 Å². The van der Waals surface area contributed by atoms with E-state index in [0.717, 1.165) is 48.7 Å². The summed E-state index contributed by atoms with van der Waals surface area (Å²) in [7, 11) is 0. The zero-order valence-corrected chi connectivity index (χ0v) is 33.8. The number of ether oxygens (including phenoxy) is 5. The van der Waals surface area contributed by atoms with Gasteiger partial charge in [0.2, 0.25) is 0 Å². The van der Waals surface area contributed by atoms with Gasteiger partial charge in [-0.15, -0.1) is 6.42 Å². The lowest BCUT2D eigenvalue weighted by molar-refractivity contribution is -0.112. The summed E-state index contributed by atoms with van der Waals surface area (Å²) in [5.74, 6) is 9.74. The molecule has 0 aliphatic carbocycles. The van der Waals surface area contributed by atoms with E-state index in [1.54, 1.807) is 34.0 Å². The van der Waals surface area contributed by atoms with Crippen molar-refractivity contribution in [3.05, 3.63) is 59.7 Å². The van der Waals surface area contributed by atoms with E-state index in [0.29, 0.717) is 12.9 Å². The number of terminal acetylenes is 1. The van der Waals surface area contributed by atoms with Crippen LogP contribution in [0.15, 0.2) is 48.5 Å². The predicted molar refractivity (Wildman–Crippen MR) is 213 cm³/mol. The molecule has 298 valence electrons. The van der Waals surface area contributed by atoms with Crippen LogP contribution in [-0.4, -0.2) is 85.2 Å². The molecule has 0 spiro atoms. The van der Waals surface area contributed by atoms with Crippen LogP contribution in [0.5, 0.6) is 11.5 Å². The van der Waals surface area contributed by atoms with Crippen LogP contribution in [0.1, 0.15) is 105 Å². The molecule has 12 heteroatoms. The molecule has 2 aromatic carbocycles. The average Bonchev–Trinajstić information content (AvgIpc) is 3.65. The molecule has 2 aromatic rings. The van der Waals surface area contributed by atoms with E-state index in [1.807, 2.05) is 62.4 Å². The van der Waals surface area contributed by atoms with E-state index in [-0.39, 0.29) is 18.5 Å². The summed E-state index contributed by atoms with van der Waals surface area (Å²) in [6, 6.07) is 14.6. The highest BCUT2D eigenvalue weighted by Gasteiger charge is 2.53. The van der Waals surface area contributed by atoms with Crippen LogP contribution in [0.2, 0.25) is 5.82 Å². The zero-order chi connectivity index (χ0) is 40.9. The van der Waals surface area contributed by atoms with Gasteiger partial charge in [-0.25, -0.2) is 4.79 Å². The van der Waals surface area contributed by atoms with Crippen LogP contribution in [0.25, 0.3) is 0 Å². The van der Waals surface area contributed by atoms with Crippen molar-refractivity contribution in [2.24, 2.45) is 0 Å². The van der Waals surface area contributed by atoms with Gasteiger partial charge in [-0.1, -0.05) is 57.3 Å². The van der Waals surface area contributed by atoms with E-state index in [1.165, 1.54) is 30.6 Å². The number of hydrogen-bond donors (Lipinski definition) is 1. The molecule has 55 heavy (non-hydrogen) atoms. The standard InChI is InChI=1S/C20H26BNO4.C13H16O.C10H17NO4/c1-4-5-6-13-24-17-10-7-16(8-11-17)9-12-19(23)18-14-25-20(2,3)21(18)26-15-22;1-3-5-6-11-14-13-9-7-12(4-2)8-10-13;1-7(2)15-9(13)11-8(5-12)6-14-10(11,3)4/h7-8,10-11,18-19,23H,4-6,13-14H2,1-3H3;2,7-10H,3,5-6,11H2,1H3;5,7-8H,6H2,1-4H3/t18-,19+;;8-/m1.0/s1. The van der Waals surface area contributed by atoms with Gasteiger partial charge in [0.15, 0.2) is 0 Å². The quantitative estimate of drug-likeness (QED) is 0.0675. The molecule has 2 heterocycles. The molecule has 3 atom stereocenters. The third-order valence-electron chi connectivity index (χ3n) is 8.79. The van der Waals surface area contributed by atoms with Gasteiger partial charge in [-0.3, -0.25) is 4.90 Å². The number of carbonyl (C=O) groups is 2. The lowest BCUT2D eigenvalue weighted by Crippen LogP contribution is -2.49. The summed E-state index contributed by atoms with van der Waals surface area (Å²) in [4.78, 5) is 23.8. The second-order valence-corrected chi connectivity index (χ2v) is 14.5. The first-order valence-electron chi connectivity index (χ1n) is 19.1. The van der Waals surface area contributed by atoms with E-state index < -0.39 is 36.4 Å². The number of aliphatic hydroxyl groups excluding tert-OH is 1. The van der Waals surface area contributed by atoms with Gasteiger partial charge >= 0.3 is 13.0 Å². The van der Waals surface area contributed by atoms with Crippen LogP contribution in [-0.2, 0) is 23.7 Å². The van der Waals surface area contributed by atoms with Gasteiger partial charge in [0.1, 0.15) is 35.7 Å². The molecular formula is C43H59BN2O9. The van der Waals surface area contributed by atoms with Gasteiger partial charge in [-0.05, 0) is 103 Å². The Morgan fingerprint density at radius 1 is 0.945 bits per heavy atom. The summed E-state index contributed by atoms with van der Waals surface area (Å²) in [5, 5.41) is 19.2. The highest BCUT2D eigenvalue weighted by atomic mass is 16.6. The average molecular weight is 759 g/mol. The van der Waals surface area contributed by atoms with Gasteiger partial charge in [0, 0.05) is 23.6 Å². The minimum atomic E-state index is -0.930. The van der Waals surface area contributed by atoms with E-state index in [9.17, 15) is 14.7 Å². The smallest absolute Gasteiger partial charge is 0.414 e. The number of nitrogens with zero attached hydrogens (tertiary/aromatic N) is 2. The fourth-order valence-corrected chi connectivity index (χ4v) is 5.72. The Balaban J connectivity index is 0.000000308. The molecule has 0 unspecified atom stereocenters. The maximum atomic E-state index is 11.7. The molecule has 0 radical (unpaired) electrons. The van der Waals surface area contributed by atoms with Crippen LogP contribution < -0.4 is 9.47 Å². The van der Waals surface area contributed by atoms with Crippen molar-refractivity contribution in [1.29, 1.82) is 5.26 Å². The molecule has 11 nitrogen and oxygen atoms in total. The Bertz CT molecular complexity index is 1590. The Labute approximate surface area is 329 Å². The number of aldehydes is 1. The first-order chi connectivity index (χ1) is 26.2. The zero-order valence-electron chi connectivity index (χ0n) is 33.8. The summed E-state index contributed by atoms with van der Waals surface area (Å²) in [5.41, 5.74) is 0.281. The van der Waals surface area contributed by atoms with Crippen molar-refractivity contribution in [3.63, 3.8) is 0 Å². The monoisotopic (exact) mass is 758 g/mol. The largest absolute Gasteiger partial charge is 0.494 e. The fourth-order valence-electron chi connectivity index (χ4n) is 5.72. The highest BCUT2D eigenvalue weighted by Crippen LogP contribution is 2.35. The molecule has 2 fully saturated rings. The number of unbranched alkanes of at least 4 members (excludes halogenated alkanes) is 4. The molecule has 0 saturated carbocycles. The maximum Gasteiger partial charge on any atom is 0.414 e. The molecule has 0 aromatic heterocycles. The fraction of sp³-hybridized carbons (Fsp3) is 0.558. The minimum Gasteiger partial charge on any atom is -0.494 e. The van der Waals surface area contributed by atoms with Crippen molar-refractivity contribution in [1.82, 2.24) is 4.90 Å². The minimum absolute atomic E-state index is 0.207. The van der Waals surface area contributed by atoms with Crippen molar-refractivity contribution < 1.29 is 43.0 Å². The Morgan fingerprint density at radius 3 is 1.96 bits per heavy atom. The third kappa shape index (κ3) is 15.9. The summed E-state index contributed by atoms with van der Waals surface area (Å²) < 4.78 is 32.4. The number of benzene rings is 2. The van der Waals surface area contributed by atoms with Gasteiger partial charge < -0.3 is 38.2 Å². The number of amides is 1. The number of aliphatic hydroxyl groups is 1. The summed E-state index contributed by atoms with van der Waals surface area (Å²) in [6.45, 7) is 16.5. The predicted octanol–water partition coefficient (Wildman–Crippen LogP) is 7.58. The lowest BCUT2D eigenvalue weighted by atomic mass is 9.46. The molecule has 4 rings (SSSR count). The SMILES string of the molecule is C#Cc1ccc(OCCCCC)cc1.CC(C)OC(=O)N1[C@@H](C=O)COC1(C)C.CCCCCOc1ccc(C#C[C@H](O)[C@H]2COC(C)(C)B2OC#N)cc1. The van der Waals surface area contributed by atoms with Crippen LogP contribution in [0.4, 0.5) is 4.79 Å². The number of hydrogen-bond acceptors (Lipinski definition) is 10. The Morgan fingerprint density at radius 2 is 1.49 bits per heavy atom. The van der Waals surface area contributed by atoms with Crippen LogP contribution >= 0.6 is 0 Å². The maximum absolute atomic E-state index is 11.7. The van der Waals surface area contributed by atoms with E-state index >= 15 is 0 Å². The van der Waals surface area contributed by atoms with Gasteiger partial charge in [0.25, 0.3) is 6.26 Å². The molecular weight excluding hydrogens is 699 g/mol. The molecule has 2 aliphatic heterocycles. The summed E-state index contributed by atoms with van der Waals surface area (Å²) >= 11 is 0. The van der Waals surface area contributed by atoms with Crippen molar-refractivity contribution in [3.8, 4) is 41.9 Å². The van der Waals surface area contributed by atoms with Crippen LogP contribution in [0.3, 0.4) is 0 Å². The molecule has 2 aliphatic rings. The topological polar surface area (TPSA) is 137 Å². The number of carbonyl (C=O) groups excluding carboxylic acids is 2. The van der Waals surface area contributed by atoms with E-state index in [4.69, 9.17) is 40.0 Å². The molecule has 1 amide bonds. The van der Waals surface area contributed by atoms with Gasteiger partial charge in [0.05, 0.1) is 31.4 Å². The third-order valence-corrected chi connectivity index (χ3v) is 8.79. The molecule has 1 N–H and O–H groups in total. The van der Waals surface area contributed by atoms with Gasteiger partial charge in [-0.2, -0.15) is 5.26 Å². The Hall–Kier alpha value is -4.67. The molecule has 0 bridgehead atoms. The normalized spacial score (nSPS) is 18.1. The van der Waals surface area contributed by atoms with E-state index in [2.05, 4.69) is 31.6 Å². The lowest BCUT2D eigenvalue weighted by Gasteiger charge is -2.31. The van der Waals surface area contributed by atoms with Crippen molar-refractivity contribution >= 4 is 19.3 Å². The number of rotatable bonds is 14. The number of nitriles is 1. The Kier molecular flexibility index (Phi) is 20.3. The first-order valence-corrected chi connectivity index (χ1v) is 19.1. The summed E-state index contributed by atoms with van der Waals surface area (Å²) in [6.07, 6.45) is 13.0. The second-order valence-electron chi connectivity index (χ2n) is 14.5. The van der Waals surface area contributed by atoms with Crippen LogP contribution in [0, 0.1) is 35.7 Å². The second kappa shape index (κ2) is 24.0. The first kappa shape index (κ1) is 46.5. The molecule has 2 saturated heterocycles. The van der Waals surface area contributed by atoms with Crippen molar-refractivity contribution in [2.45, 2.75) is 129 Å².